The maximum absolute atomic E-state index is 5.29. The Morgan fingerprint density at radius 1 is 0.667 bits per heavy atom. The van der Waals surface area contributed by atoms with Crippen LogP contribution >= 0.6 is 0 Å². The van der Waals surface area contributed by atoms with Crippen LogP contribution in [0, 0.1) is 0 Å². The molecule has 2 aliphatic rings. The molecule has 0 spiro atoms. The van der Waals surface area contributed by atoms with Crippen LogP contribution in [0.2, 0.25) is 0 Å². The highest BCUT2D eigenvalue weighted by Gasteiger charge is 2.22. The third kappa shape index (κ3) is 1.62. The zero-order valence-corrected chi connectivity index (χ0v) is 9.67. The van der Waals surface area contributed by atoms with Crippen molar-refractivity contribution in [2.24, 2.45) is 0 Å². The summed E-state index contributed by atoms with van der Waals surface area (Å²) in [6, 6.07) is 12.4. The molecule has 0 aliphatic carbocycles. The fourth-order valence-corrected chi connectivity index (χ4v) is 2.23. The summed E-state index contributed by atoms with van der Waals surface area (Å²) in [6.07, 6.45) is -0.403. The molecule has 2 aliphatic heterocycles. The lowest BCUT2D eigenvalue weighted by atomic mass is 10.0. The third-order valence-corrected chi connectivity index (χ3v) is 3.31. The van der Waals surface area contributed by atoms with Gasteiger partial charge in [-0.1, -0.05) is 24.3 Å². The summed E-state index contributed by atoms with van der Waals surface area (Å²) in [5, 5.41) is 2.32. The van der Waals surface area contributed by atoms with E-state index in [-0.39, 0.29) is 12.6 Å². The molecule has 2 fully saturated rings. The summed E-state index contributed by atoms with van der Waals surface area (Å²) in [5.41, 5.74) is 2.11. The van der Waals surface area contributed by atoms with E-state index in [1.54, 1.807) is 0 Å². The number of rotatable bonds is 2. The van der Waals surface area contributed by atoms with E-state index in [1.807, 2.05) is 12.1 Å². The van der Waals surface area contributed by atoms with Crippen molar-refractivity contribution in [1.29, 1.82) is 0 Å². The highest BCUT2D eigenvalue weighted by atomic mass is 16.9. The Labute approximate surface area is 104 Å². The highest BCUT2D eigenvalue weighted by molar-refractivity contribution is 5.84. The van der Waals surface area contributed by atoms with E-state index in [1.165, 1.54) is 0 Å². The first-order chi connectivity index (χ1) is 8.90. The highest BCUT2D eigenvalue weighted by Crippen LogP contribution is 2.32. The molecule has 0 bridgehead atoms. The van der Waals surface area contributed by atoms with Gasteiger partial charge in [0, 0.05) is 11.1 Å². The van der Waals surface area contributed by atoms with Gasteiger partial charge in [-0.3, -0.25) is 0 Å². The molecule has 0 N–H and O–H groups in total. The Hall–Kier alpha value is -1.46. The van der Waals surface area contributed by atoms with Gasteiger partial charge in [0.15, 0.2) is 26.2 Å². The molecular weight excluding hydrogens is 232 g/mol. The van der Waals surface area contributed by atoms with Gasteiger partial charge in [0.1, 0.15) is 0 Å². The molecule has 2 heterocycles. The molecule has 0 radical (unpaired) electrons. The fourth-order valence-electron chi connectivity index (χ4n) is 2.23. The molecule has 0 saturated carbocycles. The molecule has 0 unspecified atom stereocenters. The van der Waals surface area contributed by atoms with E-state index in [9.17, 15) is 0 Å². The van der Waals surface area contributed by atoms with Crippen LogP contribution in [0.25, 0.3) is 10.8 Å². The molecule has 92 valence electrons. The Morgan fingerprint density at radius 3 is 1.44 bits per heavy atom. The molecular formula is C14H12O4. The summed E-state index contributed by atoms with van der Waals surface area (Å²) in [5.74, 6) is 0. The van der Waals surface area contributed by atoms with E-state index < -0.39 is 0 Å². The first-order valence-electron chi connectivity index (χ1n) is 5.90. The van der Waals surface area contributed by atoms with Crippen molar-refractivity contribution in [1.82, 2.24) is 0 Å². The van der Waals surface area contributed by atoms with Crippen LogP contribution in [0.4, 0.5) is 0 Å². The molecule has 0 atom stereocenters. The van der Waals surface area contributed by atoms with Crippen molar-refractivity contribution in [3.8, 4) is 0 Å². The lowest BCUT2D eigenvalue weighted by molar-refractivity contribution is -0.327. The normalized spacial score (nSPS) is 20.7. The lowest BCUT2D eigenvalue weighted by Gasteiger charge is -2.28. The van der Waals surface area contributed by atoms with E-state index in [0.29, 0.717) is 13.6 Å². The van der Waals surface area contributed by atoms with Gasteiger partial charge in [-0.15, -0.1) is 0 Å². The minimum Gasteiger partial charge on any atom is -0.322 e. The first-order valence-corrected chi connectivity index (χ1v) is 5.90. The van der Waals surface area contributed by atoms with Crippen LogP contribution in [-0.2, 0) is 18.9 Å². The SMILES string of the molecule is c1cc2cc(C3OCO3)ccc2cc1C1OCO1. The second-order valence-electron chi connectivity index (χ2n) is 4.43. The van der Waals surface area contributed by atoms with Crippen LogP contribution in [0.1, 0.15) is 23.7 Å². The monoisotopic (exact) mass is 244 g/mol. The largest absolute Gasteiger partial charge is 0.322 e. The minimum absolute atomic E-state index is 0.202. The van der Waals surface area contributed by atoms with Gasteiger partial charge < -0.3 is 18.9 Å². The Balaban J connectivity index is 1.72. The molecule has 2 saturated heterocycles. The summed E-state index contributed by atoms with van der Waals surface area (Å²) in [7, 11) is 0. The van der Waals surface area contributed by atoms with Gasteiger partial charge in [-0.05, 0) is 22.9 Å². The van der Waals surface area contributed by atoms with E-state index >= 15 is 0 Å². The summed E-state index contributed by atoms with van der Waals surface area (Å²) >= 11 is 0. The number of hydrogen-bond acceptors (Lipinski definition) is 4. The third-order valence-electron chi connectivity index (χ3n) is 3.31. The predicted molar refractivity (Wildman–Crippen MR) is 63.5 cm³/mol. The van der Waals surface area contributed by atoms with Crippen LogP contribution in [-0.4, -0.2) is 13.6 Å². The van der Waals surface area contributed by atoms with Crippen LogP contribution in [0.5, 0.6) is 0 Å². The minimum atomic E-state index is -0.202. The number of hydrogen-bond donors (Lipinski definition) is 0. The van der Waals surface area contributed by atoms with E-state index in [2.05, 4.69) is 24.3 Å². The van der Waals surface area contributed by atoms with Crippen LogP contribution < -0.4 is 0 Å². The van der Waals surface area contributed by atoms with Crippen LogP contribution in [0.15, 0.2) is 36.4 Å². The van der Waals surface area contributed by atoms with Crippen molar-refractivity contribution < 1.29 is 18.9 Å². The maximum Gasteiger partial charge on any atom is 0.189 e. The maximum atomic E-state index is 5.29. The number of ether oxygens (including phenoxy) is 4. The smallest absolute Gasteiger partial charge is 0.189 e. The quantitative estimate of drug-likeness (QED) is 0.814. The van der Waals surface area contributed by atoms with Gasteiger partial charge in [0.25, 0.3) is 0 Å². The Bertz CT molecular complexity index is 534. The van der Waals surface area contributed by atoms with Gasteiger partial charge in [0.2, 0.25) is 0 Å². The van der Waals surface area contributed by atoms with Gasteiger partial charge in [-0.2, -0.15) is 0 Å². The lowest BCUT2D eigenvalue weighted by Crippen LogP contribution is -2.22. The van der Waals surface area contributed by atoms with E-state index in [4.69, 9.17) is 18.9 Å². The summed E-state index contributed by atoms with van der Waals surface area (Å²) in [4.78, 5) is 0. The fraction of sp³-hybridized carbons (Fsp3) is 0.286. The molecule has 2 aromatic rings. The summed E-state index contributed by atoms with van der Waals surface area (Å²) < 4.78 is 21.2. The Morgan fingerprint density at radius 2 is 1.11 bits per heavy atom. The zero-order chi connectivity index (χ0) is 11.9. The first kappa shape index (κ1) is 10.5. The average molecular weight is 244 g/mol. The molecule has 2 aromatic carbocycles. The van der Waals surface area contributed by atoms with Crippen molar-refractivity contribution >= 4 is 10.8 Å². The molecule has 4 heteroatoms. The van der Waals surface area contributed by atoms with Gasteiger partial charge in [0.05, 0.1) is 0 Å². The number of benzene rings is 2. The van der Waals surface area contributed by atoms with Crippen molar-refractivity contribution in [2.45, 2.75) is 12.6 Å². The molecule has 4 rings (SSSR count). The average Bonchev–Trinajstić information content (AvgIpc) is 2.24. The van der Waals surface area contributed by atoms with Crippen molar-refractivity contribution in [3.05, 3.63) is 47.5 Å². The Kier molecular flexibility index (Phi) is 2.34. The second-order valence-corrected chi connectivity index (χ2v) is 4.43. The second kappa shape index (κ2) is 4.03. The molecule has 18 heavy (non-hydrogen) atoms. The topological polar surface area (TPSA) is 36.9 Å². The van der Waals surface area contributed by atoms with Gasteiger partial charge in [-0.25, -0.2) is 0 Å². The standard InChI is InChI=1S/C14H12O4/c1-3-11(13-15-7-16-13)6-10-2-4-12(5-9(1)10)14-17-8-18-14/h1-6,13-14H,7-8H2. The summed E-state index contributed by atoms with van der Waals surface area (Å²) in [6.45, 7) is 0.774. The molecule has 4 nitrogen and oxygen atoms in total. The van der Waals surface area contributed by atoms with Gasteiger partial charge >= 0.3 is 0 Å². The van der Waals surface area contributed by atoms with E-state index in [0.717, 1.165) is 21.9 Å². The van der Waals surface area contributed by atoms with Crippen molar-refractivity contribution in [2.75, 3.05) is 13.6 Å². The molecule has 0 aromatic heterocycles. The van der Waals surface area contributed by atoms with Crippen molar-refractivity contribution in [3.63, 3.8) is 0 Å². The van der Waals surface area contributed by atoms with Crippen LogP contribution in [0.3, 0.4) is 0 Å². The predicted octanol–water partition coefficient (Wildman–Crippen LogP) is 2.85. The number of fused-ring (bicyclic) bond motifs is 1. The molecule has 0 amide bonds. The zero-order valence-electron chi connectivity index (χ0n) is 9.67.